The summed E-state index contributed by atoms with van der Waals surface area (Å²) in [6.45, 7) is 4.10. The standard InChI is InChI=1S/C9H12N3O/c1-3-7(2)11-5-8-4-10-6-12(8)9(11)13/h4-7H,3H2,1-2H3/q+1. The van der Waals surface area contributed by atoms with Crippen molar-refractivity contribution in [1.29, 1.82) is 0 Å². The first kappa shape index (κ1) is 8.16. The maximum atomic E-state index is 11.7. The van der Waals surface area contributed by atoms with Gasteiger partial charge >= 0.3 is 6.03 Å². The smallest absolute Gasteiger partial charge is 0.220 e. The Hall–Kier alpha value is -1.45. The summed E-state index contributed by atoms with van der Waals surface area (Å²) < 4.78 is 3.31. The number of fused-ring (bicyclic) bond motifs is 1. The summed E-state index contributed by atoms with van der Waals surface area (Å²) in [6.07, 6.45) is 6.06. The second-order valence-electron chi connectivity index (χ2n) is 3.26. The summed E-state index contributed by atoms with van der Waals surface area (Å²) in [5.41, 5.74) is 0.866. The van der Waals surface area contributed by atoms with E-state index in [0.717, 1.165) is 12.1 Å². The van der Waals surface area contributed by atoms with E-state index in [0.29, 0.717) is 0 Å². The molecule has 0 fully saturated rings. The van der Waals surface area contributed by atoms with Crippen molar-refractivity contribution >= 4 is 12.2 Å². The fourth-order valence-electron chi connectivity index (χ4n) is 1.40. The predicted molar refractivity (Wildman–Crippen MR) is 48.2 cm³/mol. The number of hydrogen-bond acceptors (Lipinski definition) is 2. The molecule has 2 heterocycles. The number of aromatic nitrogens is 2. The molecule has 1 aromatic rings. The normalized spacial score (nSPS) is 17.1. The Morgan fingerprint density at radius 3 is 3.08 bits per heavy atom. The Balaban J connectivity index is 2.38. The first-order valence-corrected chi connectivity index (χ1v) is 4.44. The fraction of sp³-hybridized carbons (Fsp3) is 0.444. The van der Waals surface area contributed by atoms with Gasteiger partial charge in [-0.05, 0) is 13.3 Å². The van der Waals surface area contributed by atoms with Gasteiger partial charge < -0.3 is 0 Å². The topological polar surface area (TPSA) is 37.9 Å². The molecule has 1 unspecified atom stereocenters. The molecule has 1 atom stereocenters. The zero-order valence-corrected chi connectivity index (χ0v) is 7.77. The van der Waals surface area contributed by atoms with Crippen molar-refractivity contribution in [3.8, 4) is 0 Å². The van der Waals surface area contributed by atoms with Crippen LogP contribution in [0.15, 0.2) is 12.5 Å². The summed E-state index contributed by atoms with van der Waals surface area (Å²) in [7, 11) is 0. The molecule has 0 bridgehead atoms. The first-order chi connectivity index (χ1) is 6.24. The Bertz CT molecular complexity index is 378. The molecule has 1 aliphatic rings. The summed E-state index contributed by atoms with van der Waals surface area (Å²) in [4.78, 5) is 15.6. The van der Waals surface area contributed by atoms with Gasteiger partial charge in [-0.25, -0.2) is 4.98 Å². The van der Waals surface area contributed by atoms with E-state index in [1.54, 1.807) is 21.7 Å². The Morgan fingerprint density at radius 2 is 2.46 bits per heavy atom. The Kier molecular flexibility index (Phi) is 1.76. The van der Waals surface area contributed by atoms with Crippen molar-refractivity contribution in [2.45, 2.75) is 26.3 Å². The summed E-state index contributed by atoms with van der Waals surface area (Å²) >= 11 is 0. The van der Waals surface area contributed by atoms with Gasteiger partial charge in [0.2, 0.25) is 0 Å². The van der Waals surface area contributed by atoms with Crippen molar-refractivity contribution in [2.24, 2.45) is 0 Å². The summed E-state index contributed by atoms with van der Waals surface area (Å²) in [6, 6.07) is 0.259. The van der Waals surface area contributed by atoms with Crippen LogP contribution in [0.5, 0.6) is 0 Å². The lowest BCUT2D eigenvalue weighted by Crippen LogP contribution is -2.28. The molecular formula is C9H12N3O+. The van der Waals surface area contributed by atoms with E-state index < -0.39 is 0 Å². The second-order valence-corrected chi connectivity index (χ2v) is 3.26. The molecule has 4 heteroatoms. The van der Waals surface area contributed by atoms with E-state index in [4.69, 9.17) is 0 Å². The van der Waals surface area contributed by atoms with Crippen molar-refractivity contribution < 1.29 is 9.37 Å². The van der Waals surface area contributed by atoms with E-state index >= 15 is 0 Å². The van der Waals surface area contributed by atoms with E-state index in [1.165, 1.54) is 0 Å². The van der Waals surface area contributed by atoms with Crippen LogP contribution >= 0.6 is 0 Å². The van der Waals surface area contributed by atoms with E-state index in [1.807, 2.05) is 13.1 Å². The van der Waals surface area contributed by atoms with Gasteiger partial charge in [-0.1, -0.05) is 6.92 Å². The number of imidazole rings is 1. The SMILES string of the molecule is CCC(C)[N+]1=Cc2cncn2C1=O. The zero-order chi connectivity index (χ0) is 9.42. The fourth-order valence-corrected chi connectivity index (χ4v) is 1.40. The minimum absolute atomic E-state index is 0.00171. The van der Waals surface area contributed by atoms with Crippen molar-refractivity contribution in [2.75, 3.05) is 0 Å². The third-order valence-electron chi connectivity index (χ3n) is 2.43. The van der Waals surface area contributed by atoms with E-state index in [-0.39, 0.29) is 12.1 Å². The number of hydrogen-bond donors (Lipinski definition) is 0. The van der Waals surface area contributed by atoms with Gasteiger partial charge in [-0.15, -0.1) is 4.57 Å². The molecular weight excluding hydrogens is 166 g/mol. The average molecular weight is 178 g/mol. The lowest BCUT2D eigenvalue weighted by molar-refractivity contribution is -0.459. The number of carbonyl (C=O) groups is 1. The van der Waals surface area contributed by atoms with Gasteiger partial charge in [-0.3, -0.25) is 0 Å². The molecule has 68 valence electrons. The summed E-state index contributed by atoms with van der Waals surface area (Å²) in [5.74, 6) is 0. The highest BCUT2D eigenvalue weighted by Crippen LogP contribution is 2.09. The Labute approximate surface area is 76.5 Å². The van der Waals surface area contributed by atoms with Crippen LogP contribution in [0.2, 0.25) is 0 Å². The highest BCUT2D eigenvalue weighted by atomic mass is 16.2. The highest BCUT2D eigenvalue weighted by Gasteiger charge is 2.32. The number of amides is 1. The number of nitrogens with zero attached hydrogens (tertiary/aromatic N) is 3. The molecule has 4 nitrogen and oxygen atoms in total. The highest BCUT2D eigenvalue weighted by molar-refractivity contribution is 5.89. The molecule has 2 rings (SSSR count). The largest absolute Gasteiger partial charge is 0.504 e. The third-order valence-corrected chi connectivity index (χ3v) is 2.43. The number of carbonyl (C=O) groups excluding carboxylic acids is 1. The van der Waals surface area contributed by atoms with Gasteiger partial charge in [0.1, 0.15) is 12.3 Å². The predicted octanol–water partition coefficient (Wildman–Crippen LogP) is 1.09. The first-order valence-electron chi connectivity index (χ1n) is 4.44. The molecule has 1 aromatic heterocycles. The quantitative estimate of drug-likeness (QED) is 0.636. The maximum Gasteiger partial charge on any atom is 0.504 e. The molecule has 0 aromatic carbocycles. The van der Waals surface area contributed by atoms with Crippen LogP contribution in [0.1, 0.15) is 26.0 Å². The van der Waals surface area contributed by atoms with Gasteiger partial charge in [0.05, 0.1) is 6.20 Å². The van der Waals surface area contributed by atoms with Crippen LogP contribution in [0, 0.1) is 0 Å². The molecule has 1 aliphatic heterocycles. The van der Waals surface area contributed by atoms with Crippen molar-refractivity contribution in [1.82, 2.24) is 9.55 Å². The number of rotatable bonds is 2. The molecule has 0 saturated heterocycles. The average Bonchev–Trinajstić information content (AvgIpc) is 2.68. The van der Waals surface area contributed by atoms with Gasteiger partial charge in [0, 0.05) is 0 Å². The zero-order valence-electron chi connectivity index (χ0n) is 7.77. The molecule has 0 aliphatic carbocycles. The molecule has 13 heavy (non-hydrogen) atoms. The van der Waals surface area contributed by atoms with Crippen molar-refractivity contribution in [3.63, 3.8) is 0 Å². The minimum atomic E-state index is 0.00171. The third kappa shape index (κ3) is 1.09. The van der Waals surface area contributed by atoms with Crippen LogP contribution in [0.4, 0.5) is 4.79 Å². The van der Waals surface area contributed by atoms with Gasteiger partial charge in [-0.2, -0.15) is 9.37 Å². The monoisotopic (exact) mass is 178 g/mol. The van der Waals surface area contributed by atoms with Crippen LogP contribution in [0.3, 0.4) is 0 Å². The maximum absolute atomic E-state index is 11.7. The molecule has 0 radical (unpaired) electrons. The van der Waals surface area contributed by atoms with Crippen LogP contribution in [-0.2, 0) is 0 Å². The van der Waals surface area contributed by atoms with Crippen LogP contribution in [0.25, 0.3) is 0 Å². The van der Waals surface area contributed by atoms with Crippen LogP contribution in [-0.4, -0.2) is 32.4 Å². The van der Waals surface area contributed by atoms with Gasteiger partial charge in [0.15, 0.2) is 12.0 Å². The molecule has 0 N–H and O–H groups in total. The lowest BCUT2D eigenvalue weighted by Gasteiger charge is -2.04. The van der Waals surface area contributed by atoms with E-state index in [9.17, 15) is 4.79 Å². The minimum Gasteiger partial charge on any atom is -0.220 e. The molecule has 0 spiro atoms. The Morgan fingerprint density at radius 1 is 1.69 bits per heavy atom. The van der Waals surface area contributed by atoms with E-state index in [2.05, 4.69) is 11.9 Å². The van der Waals surface area contributed by atoms with Crippen molar-refractivity contribution in [3.05, 3.63) is 18.2 Å². The molecule has 1 amide bonds. The lowest BCUT2D eigenvalue weighted by atomic mass is 10.2. The van der Waals surface area contributed by atoms with Crippen LogP contribution < -0.4 is 0 Å². The van der Waals surface area contributed by atoms with Gasteiger partial charge in [0.25, 0.3) is 0 Å². The molecule has 0 saturated carbocycles. The second kappa shape index (κ2) is 2.80. The summed E-state index contributed by atoms with van der Waals surface area (Å²) in [5, 5.41) is 0.